The average Bonchev–Trinajstić information content (AvgIpc) is 2.76. The molecule has 0 aromatic heterocycles. The van der Waals surface area contributed by atoms with Crippen LogP contribution in [0.15, 0.2) is 47.4 Å². The first kappa shape index (κ1) is 28.1. The minimum Gasteiger partial charge on any atom is -0.465 e. The Kier molecular flexibility index (Phi) is 8.77. The van der Waals surface area contributed by atoms with E-state index >= 15 is 0 Å². The predicted octanol–water partition coefficient (Wildman–Crippen LogP) is 5.38. The van der Waals surface area contributed by atoms with Gasteiger partial charge in [-0.2, -0.15) is 0 Å². The van der Waals surface area contributed by atoms with Crippen molar-refractivity contribution in [2.24, 2.45) is 5.92 Å². The molecule has 0 spiro atoms. The van der Waals surface area contributed by atoms with Gasteiger partial charge in [0, 0.05) is 30.3 Å². The fraction of sp³-hybridized carbons (Fsp3) is 0.519. The van der Waals surface area contributed by atoms with Crippen LogP contribution in [0.2, 0.25) is 0 Å². The Bertz CT molecular complexity index is 1140. The van der Waals surface area contributed by atoms with Crippen molar-refractivity contribution in [3.05, 3.63) is 65.2 Å². The van der Waals surface area contributed by atoms with E-state index < -0.39 is 33.1 Å². The molecule has 36 heavy (non-hydrogen) atoms. The molecule has 1 N–H and O–H groups in total. The lowest BCUT2D eigenvalue weighted by atomic mass is 9.87. The summed E-state index contributed by atoms with van der Waals surface area (Å²) in [6, 6.07) is 9.99. The lowest BCUT2D eigenvalue weighted by molar-refractivity contribution is 0.0739. The number of hydrogen-bond donors (Lipinski definition) is 1. The third kappa shape index (κ3) is 7.49. The highest BCUT2D eigenvalue weighted by Crippen LogP contribution is 2.31. The lowest BCUT2D eigenvalue weighted by Crippen LogP contribution is -2.49. The summed E-state index contributed by atoms with van der Waals surface area (Å²) in [5.74, 6) is -1.31. The van der Waals surface area contributed by atoms with Gasteiger partial charge in [0.15, 0.2) is 9.84 Å². The third-order valence-corrected chi connectivity index (χ3v) is 8.05. The van der Waals surface area contributed by atoms with Gasteiger partial charge in [0.05, 0.1) is 4.90 Å². The van der Waals surface area contributed by atoms with E-state index in [0.717, 1.165) is 43.8 Å². The third-order valence-electron chi connectivity index (χ3n) is 6.92. The summed E-state index contributed by atoms with van der Waals surface area (Å²) in [5, 5.41) is 9.58. The number of nitrogens with zero attached hydrogens (tertiary/aromatic N) is 2. The van der Waals surface area contributed by atoms with Crippen LogP contribution in [0.3, 0.4) is 0 Å². The first-order valence-corrected chi connectivity index (χ1v) is 14.1. The summed E-state index contributed by atoms with van der Waals surface area (Å²) in [5.41, 5.74) is 0.852. The van der Waals surface area contributed by atoms with Gasteiger partial charge in [-0.25, -0.2) is 22.0 Å². The Morgan fingerprint density at radius 3 is 2.08 bits per heavy atom. The average molecular weight is 523 g/mol. The van der Waals surface area contributed by atoms with Gasteiger partial charge in [0.1, 0.15) is 11.6 Å². The van der Waals surface area contributed by atoms with Gasteiger partial charge in [-0.05, 0) is 101 Å². The summed E-state index contributed by atoms with van der Waals surface area (Å²) in [7, 11) is -3.35. The zero-order chi connectivity index (χ0) is 26.7. The number of amides is 1. The first-order chi connectivity index (χ1) is 16.7. The van der Waals surface area contributed by atoms with Crippen molar-refractivity contribution >= 4 is 15.9 Å². The highest BCUT2D eigenvalue weighted by atomic mass is 32.2. The van der Waals surface area contributed by atoms with Crippen LogP contribution in [-0.4, -0.2) is 67.4 Å². The topological polar surface area (TPSA) is 77.9 Å². The second-order valence-corrected chi connectivity index (χ2v) is 12.7. The molecule has 198 valence electrons. The molecular weight excluding hydrogens is 486 g/mol. The Labute approximate surface area is 212 Å². The Morgan fingerprint density at radius 1 is 1.06 bits per heavy atom. The van der Waals surface area contributed by atoms with Crippen LogP contribution in [0.5, 0.6) is 0 Å². The minimum atomic E-state index is -3.35. The second kappa shape index (κ2) is 11.3. The molecular formula is C27H36F2N2O4S. The van der Waals surface area contributed by atoms with E-state index in [1.165, 1.54) is 29.2 Å². The Hall–Kier alpha value is -2.52. The number of benzene rings is 2. The molecule has 2 aromatic carbocycles. The molecule has 0 bridgehead atoms. The van der Waals surface area contributed by atoms with Crippen molar-refractivity contribution in [2.75, 3.05) is 32.4 Å². The van der Waals surface area contributed by atoms with Gasteiger partial charge in [0.25, 0.3) is 0 Å². The summed E-state index contributed by atoms with van der Waals surface area (Å²) in [4.78, 5) is 15.7. The van der Waals surface area contributed by atoms with Gasteiger partial charge in [-0.15, -0.1) is 0 Å². The molecule has 1 heterocycles. The maximum absolute atomic E-state index is 14.0. The number of halogens is 2. The first-order valence-electron chi connectivity index (χ1n) is 12.2. The van der Waals surface area contributed by atoms with Crippen LogP contribution in [0.4, 0.5) is 13.6 Å². The molecule has 1 aliphatic heterocycles. The van der Waals surface area contributed by atoms with E-state index in [4.69, 9.17) is 0 Å². The zero-order valence-corrected chi connectivity index (χ0v) is 22.2. The maximum atomic E-state index is 14.0. The van der Waals surface area contributed by atoms with Crippen molar-refractivity contribution < 1.29 is 27.1 Å². The van der Waals surface area contributed by atoms with Crippen LogP contribution in [0.25, 0.3) is 0 Å². The summed E-state index contributed by atoms with van der Waals surface area (Å²) >= 11 is 0. The molecule has 1 saturated heterocycles. The van der Waals surface area contributed by atoms with Gasteiger partial charge in [-0.1, -0.05) is 12.1 Å². The summed E-state index contributed by atoms with van der Waals surface area (Å²) < 4.78 is 51.8. The number of rotatable bonds is 8. The standard InChI is InChI=1S/C27H36F2N2O4S/c1-27(2,3)31(26(32)33)18-19-9-12-30(13-10-19)14-11-25(21-15-22(28)17-23(29)16-21)20-5-7-24(8-6-20)36(4,34)35/h5-8,15-17,19,25H,9-14,18H2,1-4H3,(H,32,33). The number of carbonyl (C=O) groups is 1. The lowest BCUT2D eigenvalue weighted by Gasteiger charge is -2.39. The van der Waals surface area contributed by atoms with E-state index in [9.17, 15) is 27.1 Å². The fourth-order valence-corrected chi connectivity index (χ4v) is 5.48. The van der Waals surface area contributed by atoms with Crippen LogP contribution >= 0.6 is 0 Å². The Balaban J connectivity index is 1.70. The molecule has 1 amide bonds. The van der Waals surface area contributed by atoms with Crippen LogP contribution in [-0.2, 0) is 9.84 Å². The minimum absolute atomic E-state index is 0.197. The van der Waals surface area contributed by atoms with Crippen molar-refractivity contribution in [3.63, 3.8) is 0 Å². The molecule has 1 atom stereocenters. The highest BCUT2D eigenvalue weighted by Gasteiger charge is 2.30. The number of hydrogen-bond acceptors (Lipinski definition) is 4. The largest absolute Gasteiger partial charge is 0.465 e. The van der Waals surface area contributed by atoms with Crippen LogP contribution in [0.1, 0.15) is 57.1 Å². The summed E-state index contributed by atoms with van der Waals surface area (Å²) in [6.45, 7) is 8.53. The molecule has 0 radical (unpaired) electrons. The molecule has 0 aliphatic carbocycles. The van der Waals surface area contributed by atoms with Crippen molar-refractivity contribution in [1.82, 2.24) is 9.80 Å². The number of piperidine rings is 1. The van der Waals surface area contributed by atoms with Crippen molar-refractivity contribution in [3.8, 4) is 0 Å². The Morgan fingerprint density at radius 2 is 1.61 bits per heavy atom. The zero-order valence-electron chi connectivity index (χ0n) is 21.4. The van der Waals surface area contributed by atoms with Crippen molar-refractivity contribution in [2.45, 2.75) is 56.4 Å². The highest BCUT2D eigenvalue weighted by molar-refractivity contribution is 7.90. The van der Waals surface area contributed by atoms with E-state index in [-0.39, 0.29) is 16.7 Å². The number of sulfone groups is 1. The smallest absolute Gasteiger partial charge is 0.407 e. The number of likely N-dealkylation sites (tertiary alicyclic amines) is 1. The fourth-order valence-electron chi connectivity index (χ4n) is 4.85. The molecule has 1 fully saturated rings. The van der Waals surface area contributed by atoms with E-state index in [1.54, 1.807) is 12.1 Å². The second-order valence-electron chi connectivity index (χ2n) is 10.7. The van der Waals surface area contributed by atoms with Gasteiger partial charge < -0.3 is 14.9 Å². The van der Waals surface area contributed by atoms with Gasteiger partial charge >= 0.3 is 6.09 Å². The SMILES string of the molecule is CC(C)(C)N(CC1CCN(CCC(c2ccc(S(C)(=O)=O)cc2)c2cc(F)cc(F)c2)CC1)C(=O)O. The van der Waals surface area contributed by atoms with Crippen LogP contribution in [0, 0.1) is 17.6 Å². The normalized spacial score (nSPS) is 16.6. The molecule has 3 rings (SSSR count). The summed E-state index contributed by atoms with van der Waals surface area (Å²) in [6.07, 6.45) is 2.60. The molecule has 0 saturated carbocycles. The maximum Gasteiger partial charge on any atom is 0.407 e. The van der Waals surface area contributed by atoms with Crippen molar-refractivity contribution in [1.29, 1.82) is 0 Å². The molecule has 6 nitrogen and oxygen atoms in total. The molecule has 2 aromatic rings. The quantitative estimate of drug-likeness (QED) is 0.504. The van der Waals surface area contributed by atoms with E-state index in [2.05, 4.69) is 4.90 Å². The van der Waals surface area contributed by atoms with Crippen LogP contribution < -0.4 is 0 Å². The molecule has 1 aliphatic rings. The van der Waals surface area contributed by atoms with E-state index in [0.29, 0.717) is 25.1 Å². The predicted molar refractivity (Wildman–Crippen MR) is 136 cm³/mol. The monoisotopic (exact) mass is 522 g/mol. The molecule has 9 heteroatoms. The van der Waals surface area contributed by atoms with Gasteiger partial charge in [-0.3, -0.25) is 0 Å². The number of carboxylic acid groups (broad SMARTS) is 1. The van der Waals surface area contributed by atoms with E-state index in [1.807, 2.05) is 20.8 Å². The van der Waals surface area contributed by atoms with Gasteiger partial charge in [0.2, 0.25) is 0 Å². The molecule has 1 unspecified atom stereocenters.